The molecule has 0 saturated heterocycles. The lowest BCUT2D eigenvalue weighted by Crippen LogP contribution is -2.28. The maximum Gasteiger partial charge on any atom is 0.264 e. The average Bonchev–Trinajstić information content (AvgIpc) is 2.06. The van der Waals surface area contributed by atoms with E-state index in [2.05, 4.69) is 0 Å². The number of hydrogen-bond donors (Lipinski definition) is 0. The lowest BCUT2D eigenvalue weighted by molar-refractivity contribution is 0.0103. The van der Waals surface area contributed by atoms with E-state index in [4.69, 9.17) is 8.92 Å². The summed E-state index contributed by atoms with van der Waals surface area (Å²) in [6.45, 7) is 2.70. The molecule has 1 aliphatic carbocycles. The van der Waals surface area contributed by atoms with E-state index < -0.39 is 10.1 Å². The van der Waals surface area contributed by atoms with Gasteiger partial charge >= 0.3 is 0 Å². The van der Waals surface area contributed by atoms with Crippen LogP contribution >= 0.6 is 0 Å². The van der Waals surface area contributed by atoms with Crippen molar-refractivity contribution in [3.63, 3.8) is 0 Å². The van der Waals surface area contributed by atoms with Gasteiger partial charge in [0.15, 0.2) is 0 Å². The standard InChI is InChI=1S/C9H18O4S/c1-3-12-8-4-6-9(7-5-8)13-14(2,10)11/h8-9H,3-7H2,1-2H3. The Hall–Kier alpha value is -0.130. The zero-order chi connectivity index (χ0) is 10.6. The zero-order valence-corrected chi connectivity index (χ0v) is 9.55. The molecule has 0 aromatic rings. The van der Waals surface area contributed by atoms with Gasteiger partial charge in [0.05, 0.1) is 18.5 Å². The lowest BCUT2D eigenvalue weighted by atomic mass is 9.95. The summed E-state index contributed by atoms with van der Waals surface area (Å²) in [6.07, 6.45) is 4.60. The first-order valence-corrected chi connectivity index (χ1v) is 6.82. The largest absolute Gasteiger partial charge is 0.379 e. The third kappa shape index (κ3) is 4.39. The molecule has 1 saturated carbocycles. The summed E-state index contributed by atoms with van der Waals surface area (Å²) in [5.41, 5.74) is 0. The van der Waals surface area contributed by atoms with Crippen LogP contribution in [-0.4, -0.2) is 33.5 Å². The van der Waals surface area contributed by atoms with Gasteiger partial charge in [-0.15, -0.1) is 0 Å². The number of ether oxygens (including phenoxy) is 1. The van der Waals surface area contributed by atoms with E-state index in [-0.39, 0.29) is 6.10 Å². The van der Waals surface area contributed by atoms with Gasteiger partial charge in [0.2, 0.25) is 0 Å². The average molecular weight is 222 g/mol. The van der Waals surface area contributed by atoms with Gasteiger partial charge < -0.3 is 4.74 Å². The molecule has 0 heterocycles. The molecule has 0 aromatic carbocycles. The Labute approximate surface area is 85.7 Å². The summed E-state index contributed by atoms with van der Waals surface area (Å²) in [7, 11) is -3.29. The molecule has 1 aliphatic rings. The molecule has 0 aromatic heterocycles. The minimum absolute atomic E-state index is 0.137. The number of hydrogen-bond acceptors (Lipinski definition) is 4. The van der Waals surface area contributed by atoms with Crippen LogP contribution in [0.3, 0.4) is 0 Å². The molecule has 0 spiro atoms. The van der Waals surface area contributed by atoms with E-state index in [0.717, 1.165) is 38.5 Å². The van der Waals surface area contributed by atoms with E-state index in [1.54, 1.807) is 0 Å². The fraction of sp³-hybridized carbons (Fsp3) is 1.00. The van der Waals surface area contributed by atoms with Crippen molar-refractivity contribution < 1.29 is 17.3 Å². The smallest absolute Gasteiger partial charge is 0.264 e. The van der Waals surface area contributed by atoms with Gasteiger partial charge in [0, 0.05) is 6.61 Å². The summed E-state index contributed by atoms with van der Waals surface area (Å²) in [5, 5.41) is 0. The van der Waals surface area contributed by atoms with E-state index in [9.17, 15) is 8.42 Å². The Morgan fingerprint density at radius 2 is 1.64 bits per heavy atom. The SMILES string of the molecule is CCOC1CCC(OS(C)(=O)=O)CC1. The van der Waals surface area contributed by atoms with Crippen LogP contribution in [0.15, 0.2) is 0 Å². The molecule has 14 heavy (non-hydrogen) atoms. The topological polar surface area (TPSA) is 52.6 Å². The molecule has 84 valence electrons. The first-order chi connectivity index (χ1) is 6.51. The van der Waals surface area contributed by atoms with Gasteiger partial charge in [-0.25, -0.2) is 0 Å². The fourth-order valence-corrected chi connectivity index (χ4v) is 2.46. The van der Waals surface area contributed by atoms with Crippen molar-refractivity contribution in [1.29, 1.82) is 0 Å². The fourth-order valence-electron chi connectivity index (χ4n) is 1.78. The molecule has 0 amide bonds. The molecular weight excluding hydrogens is 204 g/mol. The highest BCUT2D eigenvalue weighted by Crippen LogP contribution is 2.24. The van der Waals surface area contributed by atoms with Crippen LogP contribution in [0.5, 0.6) is 0 Å². The van der Waals surface area contributed by atoms with Gasteiger partial charge in [-0.3, -0.25) is 4.18 Å². The van der Waals surface area contributed by atoms with Gasteiger partial charge in [-0.1, -0.05) is 0 Å². The third-order valence-electron chi connectivity index (χ3n) is 2.33. The van der Waals surface area contributed by atoms with E-state index in [1.807, 2.05) is 6.92 Å². The van der Waals surface area contributed by atoms with Crippen LogP contribution < -0.4 is 0 Å². The predicted molar refractivity (Wildman–Crippen MR) is 53.6 cm³/mol. The summed E-state index contributed by atoms with van der Waals surface area (Å²) in [5.74, 6) is 0. The minimum atomic E-state index is -3.29. The highest BCUT2D eigenvalue weighted by Gasteiger charge is 2.24. The lowest BCUT2D eigenvalue weighted by Gasteiger charge is -2.27. The van der Waals surface area contributed by atoms with E-state index in [0.29, 0.717) is 6.10 Å². The van der Waals surface area contributed by atoms with Crippen molar-refractivity contribution in [2.24, 2.45) is 0 Å². The predicted octanol–water partition coefficient (Wildman–Crippen LogP) is 1.31. The van der Waals surface area contributed by atoms with Crippen LogP contribution in [0.2, 0.25) is 0 Å². The van der Waals surface area contributed by atoms with Gasteiger partial charge in [0.25, 0.3) is 10.1 Å². The molecular formula is C9H18O4S. The number of rotatable bonds is 4. The Kier molecular flexibility index (Phi) is 4.34. The summed E-state index contributed by atoms with van der Waals surface area (Å²) < 4.78 is 32.1. The molecule has 0 N–H and O–H groups in total. The molecule has 0 atom stereocenters. The second kappa shape index (κ2) is 5.09. The third-order valence-corrected chi connectivity index (χ3v) is 2.96. The highest BCUT2D eigenvalue weighted by atomic mass is 32.2. The first kappa shape index (κ1) is 11.9. The van der Waals surface area contributed by atoms with Gasteiger partial charge in [-0.05, 0) is 32.6 Å². The van der Waals surface area contributed by atoms with E-state index >= 15 is 0 Å². The quantitative estimate of drug-likeness (QED) is 0.673. The maximum atomic E-state index is 10.9. The molecule has 5 heteroatoms. The molecule has 0 bridgehead atoms. The molecule has 0 unspecified atom stereocenters. The van der Waals surface area contributed by atoms with Crippen molar-refractivity contribution >= 4 is 10.1 Å². The van der Waals surface area contributed by atoms with Crippen molar-refractivity contribution in [3.8, 4) is 0 Å². The van der Waals surface area contributed by atoms with Crippen LogP contribution in [0.25, 0.3) is 0 Å². The molecule has 4 nitrogen and oxygen atoms in total. The van der Waals surface area contributed by atoms with Crippen molar-refractivity contribution in [1.82, 2.24) is 0 Å². The van der Waals surface area contributed by atoms with Crippen molar-refractivity contribution in [2.75, 3.05) is 12.9 Å². The molecule has 0 aliphatic heterocycles. The molecule has 0 radical (unpaired) electrons. The van der Waals surface area contributed by atoms with Crippen LogP contribution in [0.4, 0.5) is 0 Å². The van der Waals surface area contributed by atoms with Crippen LogP contribution in [0, 0.1) is 0 Å². The Bertz CT molecular complexity index is 252. The Morgan fingerprint density at radius 3 is 2.07 bits per heavy atom. The van der Waals surface area contributed by atoms with Crippen molar-refractivity contribution in [3.05, 3.63) is 0 Å². The second-order valence-corrected chi connectivity index (χ2v) is 5.26. The summed E-state index contributed by atoms with van der Waals surface area (Å²) in [4.78, 5) is 0. The van der Waals surface area contributed by atoms with Gasteiger partial charge in [-0.2, -0.15) is 8.42 Å². The summed E-state index contributed by atoms with van der Waals surface area (Å²) >= 11 is 0. The molecule has 1 fully saturated rings. The van der Waals surface area contributed by atoms with Crippen LogP contribution in [0.1, 0.15) is 32.6 Å². The minimum Gasteiger partial charge on any atom is -0.379 e. The maximum absolute atomic E-state index is 10.9. The Balaban J connectivity index is 2.29. The first-order valence-electron chi connectivity index (χ1n) is 5.01. The monoisotopic (exact) mass is 222 g/mol. The second-order valence-electron chi connectivity index (χ2n) is 3.65. The zero-order valence-electron chi connectivity index (χ0n) is 8.73. The van der Waals surface area contributed by atoms with Crippen LogP contribution in [-0.2, 0) is 19.0 Å². The Morgan fingerprint density at radius 1 is 1.14 bits per heavy atom. The normalized spacial score (nSPS) is 29.0. The molecule has 1 rings (SSSR count). The summed E-state index contributed by atoms with van der Waals surface area (Å²) in [6, 6.07) is 0. The van der Waals surface area contributed by atoms with Gasteiger partial charge in [0.1, 0.15) is 0 Å². The highest BCUT2D eigenvalue weighted by molar-refractivity contribution is 7.86. The van der Waals surface area contributed by atoms with Crippen molar-refractivity contribution in [2.45, 2.75) is 44.8 Å². The van der Waals surface area contributed by atoms with E-state index in [1.165, 1.54) is 0 Å².